The summed E-state index contributed by atoms with van der Waals surface area (Å²) in [6.45, 7) is 9.68. The van der Waals surface area contributed by atoms with Crippen LogP contribution in [0.15, 0.2) is 48.5 Å². The summed E-state index contributed by atoms with van der Waals surface area (Å²) in [5.74, 6) is 1.14. The van der Waals surface area contributed by atoms with Gasteiger partial charge in [-0.15, -0.1) is 0 Å². The Kier molecular flexibility index (Phi) is 9.39. The van der Waals surface area contributed by atoms with E-state index in [-0.39, 0.29) is 24.0 Å². The maximum Gasteiger partial charge on any atom is 0.248 e. The van der Waals surface area contributed by atoms with Gasteiger partial charge >= 0.3 is 0 Å². The highest BCUT2D eigenvalue weighted by molar-refractivity contribution is 5.78. The molecule has 36 heavy (non-hydrogen) atoms. The Hall–Kier alpha value is -2.61. The summed E-state index contributed by atoms with van der Waals surface area (Å²) in [5.41, 5.74) is 1.22. The first-order valence-corrected chi connectivity index (χ1v) is 12.5. The lowest BCUT2D eigenvalue weighted by Crippen LogP contribution is -2.38. The molecule has 1 fully saturated rings. The van der Waals surface area contributed by atoms with Gasteiger partial charge in [0.15, 0.2) is 11.5 Å². The molecule has 7 heteroatoms. The average molecular weight is 500 g/mol. The molecule has 0 spiro atoms. The fraction of sp³-hybridized carbons (Fsp3) is 0.552. The van der Waals surface area contributed by atoms with Gasteiger partial charge < -0.3 is 29.0 Å². The Morgan fingerprint density at radius 2 is 1.89 bits per heavy atom. The van der Waals surface area contributed by atoms with Crippen LogP contribution in [0.1, 0.15) is 51.2 Å². The maximum absolute atomic E-state index is 13.0. The van der Waals surface area contributed by atoms with E-state index in [1.165, 1.54) is 0 Å². The lowest BCUT2D eigenvalue weighted by atomic mass is 9.72. The fourth-order valence-corrected chi connectivity index (χ4v) is 4.57. The van der Waals surface area contributed by atoms with Crippen LogP contribution in [0.5, 0.6) is 11.5 Å². The van der Waals surface area contributed by atoms with Crippen molar-refractivity contribution >= 4 is 5.91 Å². The summed E-state index contributed by atoms with van der Waals surface area (Å²) in [4.78, 5) is 14.8. The molecule has 1 saturated heterocycles. The van der Waals surface area contributed by atoms with Crippen molar-refractivity contribution in [3.05, 3.63) is 59.7 Å². The number of ether oxygens (including phenoxy) is 4. The summed E-state index contributed by atoms with van der Waals surface area (Å²) in [5, 5.41) is 10.8. The standard InChI is InChI=1S/C29H41NO6/c1-21(31)29(4)20-30(27(32)19-35-18-22-10-8-7-9-11-22)17-24(29)23-12-13-25(33-5)26(16-23)36-15-14-28(2,3)34-6/h7-13,16,21,24,31H,14-15,17-20H2,1-6H3/t21-,24?,29?/m0/s1. The van der Waals surface area contributed by atoms with Crippen LogP contribution in [0.4, 0.5) is 0 Å². The largest absolute Gasteiger partial charge is 0.493 e. The molecule has 1 aliphatic rings. The van der Waals surface area contributed by atoms with Crippen LogP contribution in [0, 0.1) is 5.41 Å². The van der Waals surface area contributed by atoms with Gasteiger partial charge in [0.2, 0.25) is 5.91 Å². The number of carbonyl (C=O) groups excluding carboxylic acids is 1. The van der Waals surface area contributed by atoms with Crippen molar-refractivity contribution in [2.75, 3.05) is 40.5 Å². The van der Waals surface area contributed by atoms with Gasteiger partial charge in [-0.25, -0.2) is 0 Å². The first-order chi connectivity index (χ1) is 17.1. The Bertz CT molecular complexity index is 993. The molecule has 2 aromatic rings. The smallest absolute Gasteiger partial charge is 0.248 e. The SMILES string of the molecule is COc1ccc(C2CN(C(=O)COCc3ccccc3)CC2(C)[C@H](C)O)cc1OCCC(C)(C)OC. The van der Waals surface area contributed by atoms with E-state index >= 15 is 0 Å². The number of carbonyl (C=O) groups is 1. The number of benzene rings is 2. The van der Waals surface area contributed by atoms with Gasteiger partial charge in [-0.05, 0) is 44.0 Å². The number of amides is 1. The summed E-state index contributed by atoms with van der Waals surface area (Å²) in [7, 11) is 3.31. The molecular weight excluding hydrogens is 458 g/mol. The summed E-state index contributed by atoms with van der Waals surface area (Å²) >= 11 is 0. The zero-order chi connectivity index (χ0) is 26.3. The second kappa shape index (κ2) is 12.1. The van der Waals surface area contributed by atoms with E-state index in [0.29, 0.717) is 37.8 Å². The van der Waals surface area contributed by atoms with E-state index in [0.717, 1.165) is 17.5 Å². The van der Waals surface area contributed by atoms with Crippen LogP contribution in [0.2, 0.25) is 0 Å². The van der Waals surface area contributed by atoms with Crippen molar-refractivity contribution in [1.82, 2.24) is 4.90 Å². The predicted octanol–water partition coefficient (Wildman–Crippen LogP) is 4.42. The topological polar surface area (TPSA) is 77.5 Å². The quantitative estimate of drug-likeness (QED) is 0.466. The Balaban J connectivity index is 1.72. The van der Waals surface area contributed by atoms with Gasteiger partial charge in [-0.2, -0.15) is 0 Å². The third kappa shape index (κ3) is 6.78. The Morgan fingerprint density at radius 1 is 1.17 bits per heavy atom. The second-order valence-electron chi connectivity index (χ2n) is 10.5. The molecule has 1 amide bonds. The van der Waals surface area contributed by atoms with Crippen molar-refractivity contribution < 1.29 is 28.8 Å². The summed E-state index contributed by atoms with van der Waals surface area (Å²) < 4.78 is 22.8. The molecule has 0 bridgehead atoms. The second-order valence-corrected chi connectivity index (χ2v) is 10.5. The number of methoxy groups -OCH3 is 2. The van der Waals surface area contributed by atoms with Gasteiger partial charge in [0, 0.05) is 38.0 Å². The van der Waals surface area contributed by atoms with E-state index in [1.54, 1.807) is 26.0 Å². The fourth-order valence-electron chi connectivity index (χ4n) is 4.57. The minimum absolute atomic E-state index is 0.00373. The van der Waals surface area contributed by atoms with E-state index in [4.69, 9.17) is 18.9 Å². The highest BCUT2D eigenvalue weighted by Crippen LogP contribution is 2.46. The molecule has 3 atom stereocenters. The number of aliphatic hydroxyl groups is 1. The number of likely N-dealkylation sites (tertiary alicyclic amines) is 1. The van der Waals surface area contributed by atoms with Crippen LogP contribution < -0.4 is 9.47 Å². The van der Waals surface area contributed by atoms with E-state index in [2.05, 4.69) is 0 Å². The number of rotatable bonds is 12. The van der Waals surface area contributed by atoms with Gasteiger partial charge in [-0.3, -0.25) is 4.79 Å². The van der Waals surface area contributed by atoms with Crippen LogP contribution in [-0.2, 0) is 20.9 Å². The minimum Gasteiger partial charge on any atom is -0.493 e. The molecule has 1 aliphatic heterocycles. The number of nitrogens with zero attached hydrogens (tertiary/aromatic N) is 1. The van der Waals surface area contributed by atoms with Crippen LogP contribution in [0.3, 0.4) is 0 Å². The third-order valence-electron chi connectivity index (χ3n) is 7.48. The molecule has 0 radical (unpaired) electrons. The molecule has 0 saturated carbocycles. The number of aliphatic hydroxyl groups excluding tert-OH is 1. The third-order valence-corrected chi connectivity index (χ3v) is 7.48. The van der Waals surface area contributed by atoms with E-state index in [1.807, 2.05) is 69.3 Å². The first-order valence-electron chi connectivity index (χ1n) is 12.5. The Morgan fingerprint density at radius 3 is 2.53 bits per heavy atom. The lowest BCUT2D eigenvalue weighted by molar-refractivity contribution is -0.136. The first kappa shape index (κ1) is 28.0. The van der Waals surface area contributed by atoms with E-state index in [9.17, 15) is 9.90 Å². The van der Waals surface area contributed by atoms with Crippen LogP contribution in [-0.4, -0.2) is 68.1 Å². The molecule has 0 aliphatic carbocycles. The van der Waals surface area contributed by atoms with Gasteiger partial charge in [0.25, 0.3) is 0 Å². The van der Waals surface area contributed by atoms with Crippen molar-refractivity contribution in [2.45, 2.75) is 58.3 Å². The summed E-state index contributed by atoms with van der Waals surface area (Å²) in [6, 6.07) is 15.7. The monoisotopic (exact) mass is 499 g/mol. The molecule has 0 aromatic heterocycles. The minimum atomic E-state index is -0.612. The lowest BCUT2D eigenvalue weighted by Gasteiger charge is -2.34. The van der Waals surface area contributed by atoms with Gasteiger partial charge in [0.1, 0.15) is 6.61 Å². The van der Waals surface area contributed by atoms with Crippen LogP contribution >= 0.6 is 0 Å². The normalized spacial score (nSPS) is 20.9. The molecule has 1 N–H and O–H groups in total. The Labute approximate surface area is 215 Å². The molecule has 198 valence electrons. The molecule has 2 aromatic carbocycles. The molecule has 3 rings (SSSR count). The number of hydrogen-bond acceptors (Lipinski definition) is 6. The molecular formula is C29H41NO6. The zero-order valence-electron chi connectivity index (χ0n) is 22.5. The van der Waals surface area contributed by atoms with Crippen molar-refractivity contribution in [3.8, 4) is 11.5 Å². The van der Waals surface area contributed by atoms with E-state index < -0.39 is 11.5 Å². The molecule has 2 unspecified atom stereocenters. The van der Waals surface area contributed by atoms with Gasteiger partial charge in [0.05, 0.1) is 32.0 Å². The zero-order valence-corrected chi connectivity index (χ0v) is 22.5. The van der Waals surface area contributed by atoms with Gasteiger partial charge in [-0.1, -0.05) is 43.3 Å². The van der Waals surface area contributed by atoms with Crippen LogP contribution in [0.25, 0.3) is 0 Å². The average Bonchev–Trinajstić information content (AvgIpc) is 3.23. The maximum atomic E-state index is 13.0. The summed E-state index contributed by atoms with van der Waals surface area (Å²) in [6.07, 6.45) is 0.108. The molecule has 1 heterocycles. The highest BCUT2D eigenvalue weighted by atomic mass is 16.5. The molecule has 7 nitrogen and oxygen atoms in total. The highest BCUT2D eigenvalue weighted by Gasteiger charge is 2.48. The van der Waals surface area contributed by atoms with Crippen molar-refractivity contribution in [1.29, 1.82) is 0 Å². The predicted molar refractivity (Wildman–Crippen MR) is 139 cm³/mol. The van der Waals surface area contributed by atoms with Crippen molar-refractivity contribution in [2.24, 2.45) is 5.41 Å². The van der Waals surface area contributed by atoms with Crippen molar-refractivity contribution in [3.63, 3.8) is 0 Å². The number of hydrogen-bond donors (Lipinski definition) is 1.